The number of rotatable bonds is 3. The van der Waals surface area contributed by atoms with Crippen molar-refractivity contribution in [3.63, 3.8) is 0 Å². The summed E-state index contributed by atoms with van der Waals surface area (Å²) in [6, 6.07) is 1.06. The SMILES string of the molecule is COc1c(Br)cc(F)c(F)c1CC1(N)CC1. The van der Waals surface area contributed by atoms with Crippen LogP contribution in [-0.2, 0) is 6.42 Å². The molecule has 0 heterocycles. The van der Waals surface area contributed by atoms with Gasteiger partial charge in [-0.05, 0) is 41.3 Å². The van der Waals surface area contributed by atoms with E-state index in [1.165, 1.54) is 7.11 Å². The van der Waals surface area contributed by atoms with E-state index >= 15 is 0 Å². The summed E-state index contributed by atoms with van der Waals surface area (Å²) in [7, 11) is 1.43. The van der Waals surface area contributed by atoms with Crippen LogP contribution in [0.5, 0.6) is 5.75 Å². The maximum atomic E-state index is 13.7. The van der Waals surface area contributed by atoms with Crippen LogP contribution < -0.4 is 10.5 Å². The topological polar surface area (TPSA) is 35.2 Å². The Morgan fingerprint density at radius 1 is 1.50 bits per heavy atom. The molecule has 0 atom stereocenters. The third-order valence-corrected chi connectivity index (χ3v) is 3.43. The van der Waals surface area contributed by atoms with Gasteiger partial charge in [0, 0.05) is 11.1 Å². The molecule has 2 nitrogen and oxygen atoms in total. The van der Waals surface area contributed by atoms with E-state index in [1.54, 1.807) is 0 Å². The largest absolute Gasteiger partial charge is 0.495 e. The fraction of sp³-hybridized carbons (Fsp3) is 0.455. The van der Waals surface area contributed by atoms with Crippen molar-refractivity contribution in [1.29, 1.82) is 0 Å². The minimum absolute atomic E-state index is 0.217. The summed E-state index contributed by atoms with van der Waals surface area (Å²) in [6.07, 6.45) is 1.98. The van der Waals surface area contributed by atoms with E-state index in [1.807, 2.05) is 0 Å². The molecule has 0 spiro atoms. The Bertz CT molecular complexity index is 432. The maximum Gasteiger partial charge on any atom is 0.165 e. The molecule has 16 heavy (non-hydrogen) atoms. The highest BCUT2D eigenvalue weighted by molar-refractivity contribution is 9.10. The lowest BCUT2D eigenvalue weighted by Gasteiger charge is -2.15. The van der Waals surface area contributed by atoms with Crippen LogP contribution >= 0.6 is 15.9 Å². The fourth-order valence-electron chi connectivity index (χ4n) is 1.70. The van der Waals surface area contributed by atoms with Crippen molar-refractivity contribution in [2.75, 3.05) is 7.11 Å². The average molecular weight is 292 g/mol. The first-order valence-electron chi connectivity index (χ1n) is 4.96. The van der Waals surface area contributed by atoms with Gasteiger partial charge in [-0.2, -0.15) is 0 Å². The van der Waals surface area contributed by atoms with Gasteiger partial charge in [-0.25, -0.2) is 8.78 Å². The molecule has 0 aliphatic heterocycles. The molecule has 5 heteroatoms. The second-order valence-corrected chi connectivity index (χ2v) is 5.06. The Hall–Kier alpha value is -0.680. The van der Waals surface area contributed by atoms with Gasteiger partial charge in [-0.15, -0.1) is 0 Å². The predicted octanol–water partition coefficient (Wildman–Crippen LogP) is 2.77. The van der Waals surface area contributed by atoms with Gasteiger partial charge in [0.2, 0.25) is 0 Å². The molecular formula is C11H12BrF2NO. The molecule has 1 aliphatic carbocycles. The van der Waals surface area contributed by atoms with Crippen molar-refractivity contribution in [1.82, 2.24) is 0 Å². The molecule has 0 amide bonds. The Kier molecular flexibility index (Phi) is 2.92. The van der Waals surface area contributed by atoms with Crippen molar-refractivity contribution in [3.8, 4) is 5.75 Å². The van der Waals surface area contributed by atoms with Crippen LogP contribution in [0.25, 0.3) is 0 Å². The summed E-state index contributed by atoms with van der Waals surface area (Å²) in [6.45, 7) is 0. The van der Waals surface area contributed by atoms with E-state index in [2.05, 4.69) is 15.9 Å². The van der Waals surface area contributed by atoms with E-state index < -0.39 is 11.6 Å². The molecule has 0 aromatic heterocycles. The van der Waals surface area contributed by atoms with Crippen molar-refractivity contribution in [2.45, 2.75) is 24.8 Å². The van der Waals surface area contributed by atoms with E-state index in [-0.39, 0.29) is 11.1 Å². The third kappa shape index (κ3) is 2.06. The van der Waals surface area contributed by atoms with E-state index in [4.69, 9.17) is 10.5 Å². The molecule has 2 N–H and O–H groups in total. The van der Waals surface area contributed by atoms with Gasteiger partial charge < -0.3 is 10.5 Å². The summed E-state index contributed by atoms with van der Waals surface area (Å²) < 4.78 is 32.4. The zero-order chi connectivity index (χ0) is 11.9. The number of halogens is 3. The van der Waals surface area contributed by atoms with Crippen LogP contribution in [0, 0.1) is 11.6 Å². The minimum Gasteiger partial charge on any atom is -0.495 e. The second-order valence-electron chi connectivity index (χ2n) is 4.21. The smallest absolute Gasteiger partial charge is 0.165 e. The Balaban J connectivity index is 2.47. The standard InChI is InChI=1S/C11H12BrF2NO/c1-16-10-6(5-11(15)2-3-11)9(14)8(13)4-7(10)12/h4H,2-3,5,15H2,1H3. The molecule has 1 aliphatic rings. The van der Waals surface area contributed by atoms with E-state index in [9.17, 15) is 8.78 Å². The number of ether oxygens (including phenoxy) is 1. The summed E-state index contributed by atoms with van der Waals surface area (Å²) in [5, 5.41) is 0. The van der Waals surface area contributed by atoms with Gasteiger partial charge in [-0.3, -0.25) is 0 Å². The maximum absolute atomic E-state index is 13.7. The van der Waals surface area contributed by atoms with Crippen LogP contribution in [0.2, 0.25) is 0 Å². The highest BCUT2D eigenvalue weighted by atomic mass is 79.9. The van der Waals surface area contributed by atoms with Crippen LogP contribution in [0.4, 0.5) is 8.78 Å². The summed E-state index contributed by atoms with van der Waals surface area (Å²) in [4.78, 5) is 0. The van der Waals surface area contributed by atoms with Crippen molar-refractivity contribution in [2.24, 2.45) is 5.73 Å². The molecule has 0 unspecified atom stereocenters. The van der Waals surface area contributed by atoms with Crippen molar-refractivity contribution < 1.29 is 13.5 Å². The Morgan fingerprint density at radius 2 is 2.12 bits per heavy atom. The number of methoxy groups -OCH3 is 1. The summed E-state index contributed by atoms with van der Waals surface area (Å²) in [5.41, 5.74) is 5.74. The van der Waals surface area contributed by atoms with Gasteiger partial charge >= 0.3 is 0 Å². The molecule has 2 rings (SSSR count). The number of hydrogen-bond donors (Lipinski definition) is 1. The third-order valence-electron chi connectivity index (χ3n) is 2.84. The predicted molar refractivity (Wildman–Crippen MR) is 60.5 cm³/mol. The minimum atomic E-state index is -0.882. The molecule has 1 aromatic carbocycles. The number of hydrogen-bond acceptors (Lipinski definition) is 2. The van der Waals surface area contributed by atoms with E-state index in [0.717, 1.165) is 18.9 Å². The van der Waals surface area contributed by atoms with Gasteiger partial charge in [0.25, 0.3) is 0 Å². The lowest BCUT2D eigenvalue weighted by Crippen LogP contribution is -2.25. The van der Waals surface area contributed by atoms with Crippen LogP contribution in [-0.4, -0.2) is 12.6 Å². The van der Waals surface area contributed by atoms with Crippen LogP contribution in [0.3, 0.4) is 0 Å². The Labute approximate surface area is 101 Å². The van der Waals surface area contributed by atoms with Crippen molar-refractivity contribution >= 4 is 15.9 Å². The summed E-state index contributed by atoms with van der Waals surface area (Å²) in [5.74, 6) is -1.42. The number of benzene rings is 1. The molecule has 0 saturated heterocycles. The number of nitrogens with two attached hydrogens (primary N) is 1. The molecule has 1 fully saturated rings. The Morgan fingerprint density at radius 3 is 2.62 bits per heavy atom. The molecule has 0 radical (unpaired) electrons. The molecular weight excluding hydrogens is 280 g/mol. The zero-order valence-electron chi connectivity index (χ0n) is 8.82. The van der Waals surface area contributed by atoms with Crippen molar-refractivity contribution in [3.05, 3.63) is 27.7 Å². The van der Waals surface area contributed by atoms with E-state index in [0.29, 0.717) is 16.6 Å². The lowest BCUT2D eigenvalue weighted by atomic mass is 10.0. The molecule has 0 bridgehead atoms. The van der Waals surface area contributed by atoms with Gasteiger partial charge in [0.05, 0.1) is 11.6 Å². The van der Waals surface area contributed by atoms with Crippen LogP contribution in [0.15, 0.2) is 10.5 Å². The first-order valence-corrected chi connectivity index (χ1v) is 5.75. The van der Waals surface area contributed by atoms with Gasteiger partial charge in [0.15, 0.2) is 11.6 Å². The highest BCUT2D eigenvalue weighted by Gasteiger charge is 2.40. The fourth-order valence-corrected chi connectivity index (χ4v) is 2.30. The zero-order valence-corrected chi connectivity index (χ0v) is 10.4. The molecule has 1 saturated carbocycles. The first kappa shape index (κ1) is 11.8. The second kappa shape index (κ2) is 3.96. The van der Waals surface area contributed by atoms with Gasteiger partial charge in [-0.1, -0.05) is 0 Å². The summed E-state index contributed by atoms with van der Waals surface area (Å²) >= 11 is 3.15. The average Bonchev–Trinajstić information content (AvgIpc) is 2.93. The lowest BCUT2D eigenvalue weighted by molar-refractivity contribution is 0.391. The first-order chi connectivity index (χ1) is 7.47. The van der Waals surface area contributed by atoms with Gasteiger partial charge in [0.1, 0.15) is 5.75 Å². The monoisotopic (exact) mass is 291 g/mol. The highest BCUT2D eigenvalue weighted by Crippen LogP contribution is 2.41. The molecule has 1 aromatic rings. The van der Waals surface area contributed by atoms with Crippen LogP contribution in [0.1, 0.15) is 18.4 Å². The normalized spacial score (nSPS) is 17.3. The molecule has 88 valence electrons. The quantitative estimate of drug-likeness (QED) is 0.869.